The number of imide groups is 1. The number of fused-ring (bicyclic) bond motifs is 1. The molecule has 0 fully saturated rings. The number of carbonyl (C=O) groups excluding carboxylic acids is 2. The van der Waals surface area contributed by atoms with Gasteiger partial charge in [0.25, 0.3) is 5.91 Å². The van der Waals surface area contributed by atoms with Gasteiger partial charge in [-0.2, -0.15) is 0 Å². The zero-order chi connectivity index (χ0) is 22.0. The lowest BCUT2D eigenvalue weighted by atomic mass is 10.1. The molecule has 8 heteroatoms. The Hall–Kier alpha value is -2.99. The van der Waals surface area contributed by atoms with Gasteiger partial charge in [0.15, 0.2) is 0 Å². The average Bonchev–Trinajstić information content (AvgIpc) is 3.03. The van der Waals surface area contributed by atoms with E-state index in [1.165, 1.54) is 0 Å². The molecular formula is C23H16Cl3N3O2. The van der Waals surface area contributed by atoms with Crippen LogP contribution in [-0.4, -0.2) is 16.5 Å². The summed E-state index contributed by atoms with van der Waals surface area (Å²) in [6, 6.07) is 20.6. The van der Waals surface area contributed by atoms with Crippen molar-refractivity contribution < 1.29 is 9.59 Å². The fourth-order valence-corrected chi connectivity index (χ4v) is 3.87. The average molecular weight is 473 g/mol. The van der Waals surface area contributed by atoms with Crippen molar-refractivity contribution in [1.82, 2.24) is 9.88 Å². The Balaban J connectivity index is 1.61. The molecule has 0 bridgehead atoms. The third kappa shape index (κ3) is 4.69. The lowest BCUT2D eigenvalue weighted by molar-refractivity contribution is 0.0968. The van der Waals surface area contributed by atoms with Crippen LogP contribution in [0, 0.1) is 0 Å². The van der Waals surface area contributed by atoms with Crippen molar-refractivity contribution >= 4 is 63.3 Å². The SMILES string of the molecule is O=C(NC(=O)c1c(Cl)n(Cc2ccc(Cl)cc2)c2ccccc12)Nc1ccc(Cl)cc1. The van der Waals surface area contributed by atoms with Gasteiger partial charge in [-0.25, -0.2) is 4.79 Å². The number of hydrogen-bond acceptors (Lipinski definition) is 2. The first-order valence-corrected chi connectivity index (χ1v) is 10.4. The van der Waals surface area contributed by atoms with Gasteiger partial charge in [-0.15, -0.1) is 0 Å². The summed E-state index contributed by atoms with van der Waals surface area (Å²) in [5, 5.41) is 7.01. The zero-order valence-corrected chi connectivity index (χ0v) is 18.3. The van der Waals surface area contributed by atoms with Crippen LogP contribution in [0.5, 0.6) is 0 Å². The molecule has 3 amide bonds. The smallest absolute Gasteiger partial charge is 0.326 e. The topological polar surface area (TPSA) is 63.1 Å². The Morgan fingerprint density at radius 2 is 1.42 bits per heavy atom. The number of nitrogens with zero attached hydrogens (tertiary/aromatic N) is 1. The molecule has 0 radical (unpaired) electrons. The lowest BCUT2D eigenvalue weighted by Gasteiger charge is -2.08. The highest BCUT2D eigenvalue weighted by Crippen LogP contribution is 2.31. The molecule has 0 atom stereocenters. The van der Waals surface area contributed by atoms with Gasteiger partial charge < -0.3 is 9.88 Å². The molecule has 0 unspecified atom stereocenters. The molecule has 0 saturated heterocycles. The van der Waals surface area contributed by atoms with E-state index in [0.29, 0.717) is 27.7 Å². The number of rotatable bonds is 4. The Morgan fingerprint density at radius 3 is 2.10 bits per heavy atom. The molecule has 31 heavy (non-hydrogen) atoms. The van der Waals surface area contributed by atoms with Crippen LogP contribution in [0.15, 0.2) is 72.8 Å². The van der Waals surface area contributed by atoms with E-state index in [0.717, 1.165) is 11.1 Å². The Bertz CT molecular complexity index is 1270. The van der Waals surface area contributed by atoms with Crippen LogP contribution in [0.2, 0.25) is 15.2 Å². The predicted octanol–water partition coefficient (Wildman–Crippen LogP) is 6.61. The first-order valence-electron chi connectivity index (χ1n) is 9.31. The summed E-state index contributed by atoms with van der Waals surface area (Å²) in [6.07, 6.45) is 0. The molecular weight excluding hydrogens is 457 g/mol. The zero-order valence-electron chi connectivity index (χ0n) is 16.0. The number of carbonyl (C=O) groups is 2. The Labute approximate surface area is 193 Å². The van der Waals surface area contributed by atoms with Crippen LogP contribution in [0.3, 0.4) is 0 Å². The summed E-state index contributed by atoms with van der Waals surface area (Å²) in [4.78, 5) is 25.3. The summed E-state index contributed by atoms with van der Waals surface area (Å²) in [5.74, 6) is -0.595. The van der Waals surface area contributed by atoms with Crippen molar-refractivity contribution in [3.63, 3.8) is 0 Å². The second kappa shape index (κ2) is 9.02. The van der Waals surface area contributed by atoms with Crippen molar-refractivity contribution in [2.75, 3.05) is 5.32 Å². The first kappa shape index (κ1) is 21.2. The first-order chi connectivity index (χ1) is 14.9. The van der Waals surface area contributed by atoms with Gasteiger partial charge in [0.1, 0.15) is 5.15 Å². The molecule has 4 aromatic rings. The maximum Gasteiger partial charge on any atom is 0.326 e. The molecule has 5 nitrogen and oxygen atoms in total. The van der Waals surface area contributed by atoms with E-state index in [-0.39, 0.29) is 10.7 Å². The summed E-state index contributed by atoms with van der Waals surface area (Å²) < 4.78 is 1.83. The number of anilines is 1. The van der Waals surface area contributed by atoms with Crippen molar-refractivity contribution in [2.45, 2.75) is 6.54 Å². The monoisotopic (exact) mass is 471 g/mol. The van der Waals surface area contributed by atoms with Crippen LogP contribution in [0.25, 0.3) is 10.9 Å². The molecule has 4 rings (SSSR count). The van der Waals surface area contributed by atoms with Gasteiger partial charge in [-0.1, -0.05) is 65.1 Å². The van der Waals surface area contributed by atoms with Gasteiger partial charge in [-0.3, -0.25) is 10.1 Å². The summed E-state index contributed by atoms with van der Waals surface area (Å²) in [6.45, 7) is 0.445. The summed E-state index contributed by atoms with van der Waals surface area (Å²) >= 11 is 18.4. The highest BCUT2D eigenvalue weighted by atomic mass is 35.5. The van der Waals surface area contributed by atoms with E-state index >= 15 is 0 Å². The Kier molecular flexibility index (Phi) is 6.18. The van der Waals surface area contributed by atoms with E-state index in [1.54, 1.807) is 42.5 Å². The number of halogens is 3. The third-order valence-electron chi connectivity index (χ3n) is 4.72. The maximum atomic E-state index is 12.9. The third-order valence-corrected chi connectivity index (χ3v) is 5.61. The minimum atomic E-state index is -0.669. The van der Waals surface area contributed by atoms with Crippen molar-refractivity contribution in [3.8, 4) is 0 Å². The molecule has 0 aliphatic carbocycles. The number of amides is 3. The maximum absolute atomic E-state index is 12.9. The summed E-state index contributed by atoms with van der Waals surface area (Å²) in [5.41, 5.74) is 2.49. The predicted molar refractivity (Wildman–Crippen MR) is 125 cm³/mol. The molecule has 3 aromatic carbocycles. The Morgan fingerprint density at radius 1 is 0.806 bits per heavy atom. The number of aromatic nitrogens is 1. The number of benzene rings is 3. The highest BCUT2D eigenvalue weighted by Gasteiger charge is 2.23. The van der Waals surface area contributed by atoms with E-state index in [1.807, 2.05) is 34.9 Å². The van der Waals surface area contributed by atoms with Crippen LogP contribution in [-0.2, 0) is 6.54 Å². The molecule has 0 aliphatic heterocycles. The van der Waals surface area contributed by atoms with E-state index in [4.69, 9.17) is 34.8 Å². The standard InChI is InChI=1S/C23H16Cl3N3O2/c24-15-7-5-14(6-8-15)13-29-19-4-2-1-3-18(19)20(21(29)26)22(30)28-23(31)27-17-11-9-16(25)10-12-17/h1-12H,13H2,(H2,27,28,30,31). The largest absolute Gasteiger partial charge is 0.326 e. The van der Waals surface area contributed by atoms with Crippen LogP contribution in [0.1, 0.15) is 15.9 Å². The molecule has 156 valence electrons. The number of para-hydroxylation sites is 1. The van der Waals surface area contributed by atoms with Gasteiger partial charge in [-0.05, 0) is 48.0 Å². The van der Waals surface area contributed by atoms with E-state index < -0.39 is 11.9 Å². The number of urea groups is 1. The van der Waals surface area contributed by atoms with Crippen LogP contribution >= 0.6 is 34.8 Å². The molecule has 1 heterocycles. The number of nitrogens with one attached hydrogen (secondary N) is 2. The molecule has 0 saturated carbocycles. The minimum absolute atomic E-state index is 0.234. The van der Waals surface area contributed by atoms with Gasteiger partial charge in [0.2, 0.25) is 0 Å². The van der Waals surface area contributed by atoms with Crippen LogP contribution in [0.4, 0.5) is 10.5 Å². The summed E-state index contributed by atoms with van der Waals surface area (Å²) in [7, 11) is 0. The van der Waals surface area contributed by atoms with Crippen molar-refractivity contribution in [3.05, 3.63) is 99.1 Å². The lowest BCUT2D eigenvalue weighted by Crippen LogP contribution is -2.34. The molecule has 0 aliphatic rings. The quantitative estimate of drug-likeness (QED) is 0.351. The van der Waals surface area contributed by atoms with E-state index in [2.05, 4.69) is 10.6 Å². The normalized spacial score (nSPS) is 10.8. The second-order valence-corrected chi connectivity index (χ2v) is 8.04. The van der Waals surface area contributed by atoms with E-state index in [9.17, 15) is 9.59 Å². The van der Waals surface area contributed by atoms with Crippen LogP contribution < -0.4 is 10.6 Å². The molecule has 2 N–H and O–H groups in total. The van der Waals surface area contributed by atoms with Gasteiger partial charge in [0, 0.05) is 27.7 Å². The molecule has 0 spiro atoms. The molecule has 1 aromatic heterocycles. The van der Waals surface area contributed by atoms with Gasteiger partial charge in [0.05, 0.1) is 11.1 Å². The van der Waals surface area contributed by atoms with Crippen molar-refractivity contribution in [1.29, 1.82) is 0 Å². The highest BCUT2D eigenvalue weighted by molar-refractivity contribution is 6.36. The fourth-order valence-electron chi connectivity index (χ4n) is 3.28. The number of hydrogen-bond donors (Lipinski definition) is 2. The second-order valence-electron chi connectivity index (χ2n) is 6.81. The van der Waals surface area contributed by atoms with Gasteiger partial charge >= 0.3 is 6.03 Å². The minimum Gasteiger partial charge on any atom is -0.326 e. The van der Waals surface area contributed by atoms with Crippen molar-refractivity contribution in [2.24, 2.45) is 0 Å². The fraction of sp³-hybridized carbons (Fsp3) is 0.0435.